The van der Waals surface area contributed by atoms with Crippen molar-refractivity contribution in [2.24, 2.45) is 0 Å². The van der Waals surface area contributed by atoms with Crippen molar-refractivity contribution in [3.05, 3.63) is 11.6 Å². The van der Waals surface area contributed by atoms with Crippen molar-refractivity contribution in [3.8, 4) is 0 Å². The van der Waals surface area contributed by atoms with Gasteiger partial charge in [-0.1, -0.05) is 39.2 Å². The molecule has 0 heterocycles. The van der Waals surface area contributed by atoms with Gasteiger partial charge in [-0.2, -0.15) is 0 Å². The van der Waals surface area contributed by atoms with Crippen molar-refractivity contribution < 1.29 is 5.11 Å². The molecule has 1 N–H and O–H groups in total. The molecule has 0 fully saturated rings. The first-order chi connectivity index (χ1) is 5.72. The van der Waals surface area contributed by atoms with Gasteiger partial charge in [0.05, 0.1) is 6.10 Å². The molecule has 0 saturated heterocycles. The standard InChI is InChI=1S/C11H22O/c1-4-6-7-9-11(12)10(3)8-5-2/h8,11-12H,4-7,9H2,1-3H3/b10-8+/t11-/m1/s1. The van der Waals surface area contributed by atoms with Gasteiger partial charge >= 0.3 is 0 Å². The van der Waals surface area contributed by atoms with Gasteiger partial charge in [-0.3, -0.25) is 0 Å². The van der Waals surface area contributed by atoms with Crippen molar-refractivity contribution in [2.75, 3.05) is 0 Å². The molecule has 0 radical (unpaired) electrons. The molecule has 1 nitrogen and oxygen atoms in total. The lowest BCUT2D eigenvalue weighted by atomic mass is 10.0. The highest BCUT2D eigenvalue weighted by Gasteiger charge is 2.04. The maximum absolute atomic E-state index is 9.61. The van der Waals surface area contributed by atoms with Crippen LogP contribution in [-0.2, 0) is 0 Å². The maximum Gasteiger partial charge on any atom is 0.0747 e. The van der Waals surface area contributed by atoms with Crippen molar-refractivity contribution in [1.82, 2.24) is 0 Å². The molecule has 0 bridgehead atoms. The number of hydrogen-bond donors (Lipinski definition) is 1. The number of aliphatic hydroxyl groups is 1. The molecule has 0 aromatic rings. The first kappa shape index (κ1) is 11.7. The first-order valence-electron chi connectivity index (χ1n) is 5.07. The van der Waals surface area contributed by atoms with E-state index >= 15 is 0 Å². The zero-order chi connectivity index (χ0) is 9.40. The lowest BCUT2D eigenvalue weighted by Crippen LogP contribution is -2.07. The Balaban J connectivity index is 3.56. The minimum Gasteiger partial charge on any atom is -0.389 e. The molecule has 0 rings (SSSR count). The molecule has 0 unspecified atom stereocenters. The molecule has 0 spiro atoms. The third kappa shape index (κ3) is 5.36. The van der Waals surface area contributed by atoms with Crippen molar-refractivity contribution >= 4 is 0 Å². The second-order valence-corrected chi connectivity index (χ2v) is 3.37. The summed E-state index contributed by atoms with van der Waals surface area (Å²) in [6.45, 7) is 6.30. The second kappa shape index (κ2) is 7.35. The van der Waals surface area contributed by atoms with Crippen molar-refractivity contribution in [2.45, 2.75) is 59.0 Å². The minimum absolute atomic E-state index is 0.198. The number of aliphatic hydroxyl groups excluding tert-OH is 1. The summed E-state index contributed by atoms with van der Waals surface area (Å²) in [4.78, 5) is 0. The molecule has 0 aliphatic heterocycles. The molecular weight excluding hydrogens is 148 g/mol. The van der Waals surface area contributed by atoms with Gasteiger partial charge in [-0.15, -0.1) is 0 Å². The molecule has 1 heteroatoms. The normalized spacial score (nSPS) is 14.8. The molecular formula is C11H22O. The predicted octanol–water partition coefficient (Wildman–Crippen LogP) is 3.28. The summed E-state index contributed by atoms with van der Waals surface area (Å²) in [5.74, 6) is 0. The molecule has 0 aliphatic rings. The van der Waals surface area contributed by atoms with E-state index in [1.165, 1.54) is 12.8 Å². The van der Waals surface area contributed by atoms with Crippen LogP contribution in [0.2, 0.25) is 0 Å². The van der Waals surface area contributed by atoms with Crippen LogP contribution in [0.15, 0.2) is 11.6 Å². The Labute approximate surface area is 76.5 Å². The van der Waals surface area contributed by atoms with E-state index in [0.29, 0.717) is 0 Å². The van der Waals surface area contributed by atoms with Gasteiger partial charge in [0.25, 0.3) is 0 Å². The Bertz CT molecular complexity index is 127. The third-order valence-corrected chi connectivity index (χ3v) is 2.13. The van der Waals surface area contributed by atoms with Crippen LogP contribution in [0.5, 0.6) is 0 Å². The van der Waals surface area contributed by atoms with Crippen LogP contribution in [0.1, 0.15) is 52.9 Å². The summed E-state index contributed by atoms with van der Waals surface area (Å²) >= 11 is 0. The Hall–Kier alpha value is -0.300. The first-order valence-corrected chi connectivity index (χ1v) is 5.07. The number of unbranched alkanes of at least 4 members (excludes halogenated alkanes) is 2. The summed E-state index contributed by atoms with van der Waals surface area (Å²) in [6, 6.07) is 0. The Morgan fingerprint density at radius 3 is 2.50 bits per heavy atom. The summed E-state index contributed by atoms with van der Waals surface area (Å²) in [6.07, 6.45) is 7.46. The molecule has 0 aromatic carbocycles. The highest BCUT2D eigenvalue weighted by molar-refractivity contribution is 5.03. The fourth-order valence-corrected chi connectivity index (χ4v) is 1.27. The van der Waals surface area contributed by atoms with Gasteiger partial charge in [0.15, 0.2) is 0 Å². The highest BCUT2D eigenvalue weighted by Crippen LogP contribution is 2.11. The zero-order valence-corrected chi connectivity index (χ0v) is 8.64. The molecule has 0 aliphatic carbocycles. The summed E-state index contributed by atoms with van der Waals surface area (Å²) in [5.41, 5.74) is 1.13. The number of rotatable bonds is 6. The Morgan fingerprint density at radius 2 is 2.00 bits per heavy atom. The van der Waals surface area contributed by atoms with Crippen LogP contribution in [0.4, 0.5) is 0 Å². The largest absolute Gasteiger partial charge is 0.389 e. The van der Waals surface area contributed by atoms with Crippen molar-refractivity contribution in [3.63, 3.8) is 0 Å². The lowest BCUT2D eigenvalue weighted by Gasteiger charge is -2.10. The van der Waals surface area contributed by atoms with Crippen LogP contribution < -0.4 is 0 Å². The lowest BCUT2D eigenvalue weighted by molar-refractivity contribution is 0.196. The topological polar surface area (TPSA) is 20.2 Å². The monoisotopic (exact) mass is 170 g/mol. The van der Waals surface area contributed by atoms with Crippen LogP contribution in [0.25, 0.3) is 0 Å². The molecule has 0 aromatic heterocycles. The molecule has 12 heavy (non-hydrogen) atoms. The predicted molar refractivity (Wildman–Crippen MR) is 54.2 cm³/mol. The minimum atomic E-state index is -0.198. The molecule has 72 valence electrons. The smallest absolute Gasteiger partial charge is 0.0747 e. The highest BCUT2D eigenvalue weighted by atomic mass is 16.3. The van der Waals surface area contributed by atoms with Crippen LogP contribution in [-0.4, -0.2) is 11.2 Å². The van der Waals surface area contributed by atoms with E-state index in [9.17, 15) is 5.11 Å². The van der Waals surface area contributed by atoms with E-state index in [1.807, 2.05) is 6.92 Å². The average molecular weight is 170 g/mol. The van der Waals surface area contributed by atoms with Gasteiger partial charge in [0.1, 0.15) is 0 Å². The zero-order valence-electron chi connectivity index (χ0n) is 8.64. The maximum atomic E-state index is 9.61. The fraction of sp³-hybridized carbons (Fsp3) is 0.818. The van der Waals surface area contributed by atoms with Crippen LogP contribution >= 0.6 is 0 Å². The van der Waals surface area contributed by atoms with E-state index in [4.69, 9.17) is 0 Å². The summed E-state index contributed by atoms with van der Waals surface area (Å²) < 4.78 is 0. The van der Waals surface area contributed by atoms with E-state index < -0.39 is 0 Å². The fourth-order valence-electron chi connectivity index (χ4n) is 1.27. The van der Waals surface area contributed by atoms with E-state index in [1.54, 1.807) is 0 Å². The van der Waals surface area contributed by atoms with Gasteiger partial charge in [0, 0.05) is 0 Å². The van der Waals surface area contributed by atoms with E-state index in [2.05, 4.69) is 19.9 Å². The van der Waals surface area contributed by atoms with Crippen LogP contribution in [0, 0.1) is 0 Å². The Morgan fingerprint density at radius 1 is 1.33 bits per heavy atom. The number of hydrogen-bond acceptors (Lipinski definition) is 1. The van der Waals surface area contributed by atoms with Gasteiger partial charge in [0.2, 0.25) is 0 Å². The molecule has 0 saturated carbocycles. The third-order valence-electron chi connectivity index (χ3n) is 2.13. The van der Waals surface area contributed by atoms with Crippen LogP contribution in [0.3, 0.4) is 0 Å². The quantitative estimate of drug-likeness (QED) is 0.479. The average Bonchev–Trinajstić information content (AvgIpc) is 2.05. The SMILES string of the molecule is CC/C=C(\C)[C@H](O)CCCCC. The van der Waals surface area contributed by atoms with Gasteiger partial charge in [-0.05, 0) is 25.3 Å². The second-order valence-electron chi connectivity index (χ2n) is 3.37. The molecule has 0 amide bonds. The van der Waals surface area contributed by atoms with E-state index in [0.717, 1.165) is 24.8 Å². The van der Waals surface area contributed by atoms with Gasteiger partial charge < -0.3 is 5.11 Å². The summed E-state index contributed by atoms with van der Waals surface area (Å²) in [5, 5.41) is 9.61. The van der Waals surface area contributed by atoms with E-state index in [-0.39, 0.29) is 6.10 Å². The summed E-state index contributed by atoms with van der Waals surface area (Å²) in [7, 11) is 0. The molecule has 1 atom stereocenters. The van der Waals surface area contributed by atoms with Gasteiger partial charge in [-0.25, -0.2) is 0 Å². The van der Waals surface area contributed by atoms with Crippen molar-refractivity contribution in [1.29, 1.82) is 0 Å². The number of allylic oxidation sites excluding steroid dienone is 1. The Kier molecular flexibility index (Phi) is 7.17.